The van der Waals surface area contributed by atoms with Crippen LogP contribution in [0, 0.1) is 6.92 Å². The van der Waals surface area contributed by atoms with Crippen LogP contribution < -0.4 is 0 Å². The molecule has 3 atom stereocenters. The summed E-state index contributed by atoms with van der Waals surface area (Å²) in [5.41, 5.74) is 0.780. The van der Waals surface area contributed by atoms with Gasteiger partial charge in [-0.2, -0.15) is 0 Å². The van der Waals surface area contributed by atoms with E-state index in [2.05, 4.69) is 0 Å². The van der Waals surface area contributed by atoms with E-state index in [-0.39, 0.29) is 13.0 Å². The minimum atomic E-state index is -0.977. The molecular formula is C11H14O5. The highest BCUT2D eigenvalue weighted by Crippen LogP contribution is 2.32. The maximum atomic E-state index is 10.4. The Labute approximate surface area is 92.6 Å². The maximum absolute atomic E-state index is 10.4. The number of ether oxygens (including phenoxy) is 1. The zero-order valence-electron chi connectivity index (χ0n) is 8.92. The Morgan fingerprint density at radius 2 is 2.31 bits per heavy atom. The lowest BCUT2D eigenvalue weighted by Crippen LogP contribution is -2.24. The summed E-state index contributed by atoms with van der Waals surface area (Å²) in [4.78, 5) is 10.4. The molecule has 1 aromatic heterocycles. The molecule has 0 saturated carbocycles. The van der Waals surface area contributed by atoms with Crippen molar-refractivity contribution in [3.8, 4) is 0 Å². The minimum Gasteiger partial charge on any atom is -0.463 e. The van der Waals surface area contributed by atoms with E-state index in [1.807, 2.05) is 0 Å². The molecule has 2 N–H and O–H groups in total. The minimum absolute atomic E-state index is 0.0919. The van der Waals surface area contributed by atoms with Crippen LogP contribution in [0.4, 0.5) is 0 Å². The number of aliphatic hydroxyl groups excluding tert-OH is 2. The number of furan rings is 1. The highest BCUT2D eigenvalue weighted by molar-refractivity contribution is 5.55. The predicted molar refractivity (Wildman–Crippen MR) is 53.9 cm³/mol. The van der Waals surface area contributed by atoms with E-state index in [0.717, 1.165) is 11.8 Å². The zero-order chi connectivity index (χ0) is 11.7. The van der Waals surface area contributed by atoms with Gasteiger partial charge in [0, 0.05) is 12.0 Å². The van der Waals surface area contributed by atoms with Gasteiger partial charge in [-0.3, -0.25) is 0 Å². The summed E-state index contributed by atoms with van der Waals surface area (Å²) in [6.45, 7) is 1.84. The first-order valence-corrected chi connectivity index (χ1v) is 5.14. The summed E-state index contributed by atoms with van der Waals surface area (Å²) < 4.78 is 10.6. The van der Waals surface area contributed by atoms with Crippen LogP contribution in [0.5, 0.6) is 0 Å². The van der Waals surface area contributed by atoms with Crippen molar-refractivity contribution in [2.75, 3.05) is 6.61 Å². The predicted octanol–water partition coefficient (Wildman–Crippen LogP) is 0.123. The van der Waals surface area contributed by atoms with Gasteiger partial charge >= 0.3 is 0 Å². The first kappa shape index (κ1) is 11.3. The number of hydrogen-bond donors (Lipinski definition) is 2. The molecular weight excluding hydrogens is 212 g/mol. The molecule has 16 heavy (non-hydrogen) atoms. The molecule has 0 radical (unpaired) electrons. The molecule has 1 fully saturated rings. The number of aryl methyl sites for hydroxylation is 1. The summed E-state index contributed by atoms with van der Waals surface area (Å²) in [6.07, 6.45) is -1.43. The van der Waals surface area contributed by atoms with Gasteiger partial charge in [-0.15, -0.1) is 0 Å². The number of aldehydes is 1. The molecule has 88 valence electrons. The van der Waals surface area contributed by atoms with Crippen molar-refractivity contribution < 1.29 is 24.2 Å². The lowest BCUT2D eigenvalue weighted by molar-refractivity contribution is -0.107. The maximum Gasteiger partial charge on any atom is 0.144 e. The fourth-order valence-corrected chi connectivity index (χ4v) is 1.83. The lowest BCUT2D eigenvalue weighted by atomic mass is 10.1. The lowest BCUT2D eigenvalue weighted by Gasteiger charge is -2.11. The van der Waals surface area contributed by atoms with Crippen LogP contribution in [0.25, 0.3) is 0 Å². The Hall–Kier alpha value is -1.17. The van der Waals surface area contributed by atoms with Crippen LogP contribution in [0.2, 0.25) is 0 Å². The first-order valence-electron chi connectivity index (χ1n) is 5.14. The van der Waals surface area contributed by atoms with Gasteiger partial charge in [0.15, 0.2) is 0 Å². The molecule has 0 spiro atoms. The number of carbonyl (C=O) groups excluding carboxylic acids is 1. The molecule has 1 aliphatic heterocycles. The molecule has 0 amide bonds. The van der Waals surface area contributed by atoms with Crippen LogP contribution in [-0.2, 0) is 16.0 Å². The third-order valence-electron chi connectivity index (χ3n) is 2.77. The van der Waals surface area contributed by atoms with Gasteiger partial charge in [0.2, 0.25) is 0 Å². The Morgan fingerprint density at radius 1 is 1.56 bits per heavy atom. The molecule has 1 saturated heterocycles. The smallest absolute Gasteiger partial charge is 0.144 e. The molecule has 2 rings (SSSR count). The first-order chi connectivity index (χ1) is 7.63. The zero-order valence-corrected chi connectivity index (χ0v) is 8.92. The molecule has 1 aliphatic rings. The largest absolute Gasteiger partial charge is 0.463 e. The van der Waals surface area contributed by atoms with Gasteiger partial charge in [0.05, 0.1) is 6.61 Å². The van der Waals surface area contributed by atoms with Crippen LogP contribution in [-0.4, -0.2) is 35.3 Å². The Kier molecular flexibility index (Phi) is 3.09. The second-order valence-electron chi connectivity index (χ2n) is 3.91. The molecule has 2 heterocycles. The van der Waals surface area contributed by atoms with Gasteiger partial charge in [0.1, 0.15) is 36.1 Å². The third kappa shape index (κ3) is 1.89. The standard InChI is InChI=1S/C11H14O5/c1-6-7(2-3-12)4-9(16-6)11-10(14)8(13)5-15-11/h3-4,8,10-11,13-14H,2,5H2,1H3. The van der Waals surface area contributed by atoms with Gasteiger partial charge in [0.25, 0.3) is 0 Å². The van der Waals surface area contributed by atoms with Crippen molar-refractivity contribution in [3.05, 3.63) is 23.2 Å². The summed E-state index contributed by atoms with van der Waals surface area (Å²) in [5.74, 6) is 1.10. The second-order valence-corrected chi connectivity index (χ2v) is 3.91. The molecule has 0 aliphatic carbocycles. The van der Waals surface area contributed by atoms with E-state index in [0.29, 0.717) is 11.5 Å². The Morgan fingerprint density at radius 3 is 2.88 bits per heavy atom. The van der Waals surface area contributed by atoms with E-state index in [1.54, 1.807) is 13.0 Å². The molecule has 0 aromatic carbocycles. The number of carbonyl (C=O) groups is 1. The number of aliphatic hydroxyl groups is 2. The van der Waals surface area contributed by atoms with Crippen molar-refractivity contribution in [1.82, 2.24) is 0 Å². The summed E-state index contributed by atoms with van der Waals surface area (Å²) in [6, 6.07) is 1.69. The third-order valence-corrected chi connectivity index (χ3v) is 2.77. The van der Waals surface area contributed by atoms with Crippen LogP contribution in [0.3, 0.4) is 0 Å². The van der Waals surface area contributed by atoms with E-state index >= 15 is 0 Å². The summed E-state index contributed by atoms with van der Waals surface area (Å²) in [7, 11) is 0. The van der Waals surface area contributed by atoms with Crippen molar-refractivity contribution in [2.45, 2.75) is 31.7 Å². The SMILES string of the molecule is Cc1oc(C2OCC(O)C2O)cc1CC=O. The van der Waals surface area contributed by atoms with Gasteiger partial charge in [-0.1, -0.05) is 0 Å². The van der Waals surface area contributed by atoms with E-state index in [1.165, 1.54) is 0 Å². The van der Waals surface area contributed by atoms with Crippen LogP contribution >= 0.6 is 0 Å². The van der Waals surface area contributed by atoms with E-state index in [9.17, 15) is 15.0 Å². The molecule has 3 unspecified atom stereocenters. The number of hydrogen-bond acceptors (Lipinski definition) is 5. The Bertz CT molecular complexity index is 384. The van der Waals surface area contributed by atoms with Crippen molar-refractivity contribution in [2.24, 2.45) is 0 Å². The fraction of sp³-hybridized carbons (Fsp3) is 0.545. The number of rotatable bonds is 3. The van der Waals surface area contributed by atoms with E-state index < -0.39 is 18.3 Å². The summed E-state index contributed by atoms with van der Waals surface area (Å²) in [5, 5.41) is 19.0. The second kappa shape index (κ2) is 4.37. The fourth-order valence-electron chi connectivity index (χ4n) is 1.83. The Balaban J connectivity index is 2.21. The van der Waals surface area contributed by atoms with Gasteiger partial charge < -0.3 is 24.2 Å². The molecule has 5 nitrogen and oxygen atoms in total. The monoisotopic (exact) mass is 226 g/mol. The molecule has 0 bridgehead atoms. The van der Waals surface area contributed by atoms with Crippen molar-refractivity contribution in [1.29, 1.82) is 0 Å². The van der Waals surface area contributed by atoms with E-state index in [4.69, 9.17) is 9.15 Å². The quantitative estimate of drug-likeness (QED) is 0.716. The molecule has 5 heteroatoms. The van der Waals surface area contributed by atoms with Gasteiger partial charge in [-0.25, -0.2) is 0 Å². The van der Waals surface area contributed by atoms with Crippen LogP contribution in [0.15, 0.2) is 10.5 Å². The topological polar surface area (TPSA) is 79.9 Å². The van der Waals surface area contributed by atoms with Crippen LogP contribution in [0.1, 0.15) is 23.2 Å². The highest BCUT2D eigenvalue weighted by Gasteiger charge is 2.37. The van der Waals surface area contributed by atoms with Crippen molar-refractivity contribution in [3.63, 3.8) is 0 Å². The van der Waals surface area contributed by atoms with Gasteiger partial charge in [-0.05, 0) is 13.0 Å². The highest BCUT2D eigenvalue weighted by atomic mass is 16.5. The summed E-state index contributed by atoms with van der Waals surface area (Å²) >= 11 is 0. The van der Waals surface area contributed by atoms with Crippen molar-refractivity contribution >= 4 is 6.29 Å². The average molecular weight is 226 g/mol. The normalized spacial score (nSPS) is 29.6. The molecule has 1 aromatic rings. The average Bonchev–Trinajstić information content (AvgIpc) is 2.75.